The lowest BCUT2D eigenvalue weighted by molar-refractivity contribution is -0.130. The Morgan fingerprint density at radius 1 is 1.17 bits per heavy atom. The van der Waals surface area contributed by atoms with Crippen molar-refractivity contribution >= 4 is 18.0 Å². The van der Waals surface area contributed by atoms with Gasteiger partial charge in [0.1, 0.15) is 6.54 Å². The molecule has 2 amide bonds. The Balaban J connectivity index is 1.99. The van der Waals surface area contributed by atoms with Gasteiger partial charge in [0, 0.05) is 26.4 Å². The SMILES string of the molecule is CCOc1cc(/C=N\NC(=O)Cn2ccccc2=O)ccc1OCC(=O)N(C)C. The van der Waals surface area contributed by atoms with E-state index in [4.69, 9.17) is 9.47 Å². The fraction of sp³-hybridized carbons (Fsp3) is 0.300. The van der Waals surface area contributed by atoms with Crippen molar-refractivity contribution in [3.05, 3.63) is 58.5 Å². The molecular weight excluding hydrogens is 376 g/mol. The van der Waals surface area contributed by atoms with Crippen molar-refractivity contribution in [3.8, 4) is 11.5 Å². The molecule has 0 aliphatic carbocycles. The first kappa shape index (κ1) is 21.7. The van der Waals surface area contributed by atoms with Gasteiger partial charge in [-0.3, -0.25) is 14.4 Å². The van der Waals surface area contributed by atoms with E-state index in [2.05, 4.69) is 10.5 Å². The number of nitrogens with zero attached hydrogens (tertiary/aromatic N) is 3. The van der Waals surface area contributed by atoms with Crippen molar-refractivity contribution in [2.45, 2.75) is 13.5 Å². The Morgan fingerprint density at radius 2 is 1.97 bits per heavy atom. The molecule has 0 saturated carbocycles. The van der Waals surface area contributed by atoms with Crippen LogP contribution in [0.1, 0.15) is 12.5 Å². The summed E-state index contributed by atoms with van der Waals surface area (Å²) >= 11 is 0. The van der Waals surface area contributed by atoms with Gasteiger partial charge in [-0.2, -0.15) is 5.10 Å². The normalized spacial score (nSPS) is 10.6. The van der Waals surface area contributed by atoms with E-state index >= 15 is 0 Å². The van der Waals surface area contributed by atoms with Crippen LogP contribution in [-0.2, 0) is 16.1 Å². The monoisotopic (exact) mass is 400 g/mol. The van der Waals surface area contributed by atoms with Crippen molar-refractivity contribution in [1.29, 1.82) is 0 Å². The summed E-state index contributed by atoms with van der Waals surface area (Å²) in [7, 11) is 3.30. The third-order valence-corrected chi connectivity index (χ3v) is 3.73. The van der Waals surface area contributed by atoms with E-state index in [0.717, 1.165) is 0 Å². The number of benzene rings is 1. The maximum atomic E-state index is 11.9. The van der Waals surface area contributed by atoms with Crippen LogP contribution in [0.4, 0.5) is 0 Å². The van der Waals surface area contributed by atoms with Gasteiger partial charge in [-0.15, -0.1) is 0 Å². The van der Waals surface area contributed by atoms with Crippen molar-refractivity contribution in [2.75, 3.05) is 27.3 Å². The van der Waals surface area contributed by atoms with E-state index in [9.17, 15) is 14.4 Å². The van der Waals surface area contributed by atoms with Gasteiger partial charge in [0.15, 0.2) is 18.1 Å². The van der Waals surface area contributed by atoms with Crippen molar-refractivity contribution in [2.24, 2.45) is 5.10 Å². The third kappa shape index (κ3) is 6.80. The van der Waals surface area contributed by atoms with Gasteiger partial charge in [0.05, 0.1) is 12.8 Å². The first-order valence-corrected chi connectivity index (χ1v) is 8.98. The first-order chi connectivity index (χ1) is 13.9. The molecule has 1 aromatic heterocycles. The van der Waals surface area contributed by atoms with E-state index < -0.39 is 5.91 Å². The second-order valence-electron chi connectivity index (χ2n) is 6.18. The standard InChI is InChI=1S/C20H24N4O5/c1-4-28-17-11-15(8-9-16(17)29-14-20(27)23(2)3)12-21-22-18(25)13-24-10-6-5-7-19(24)26/h5-12H,4,13-14H2,1-3H3,(H,22,25)/b21-12-. The zero-order chi connectivity index (χ0) is 21.2. The molecule has 1 aromatic carbocycles. The van der Waals surface area contributed by atoms with Crippen LogP contribution in [0.15, 0.2) is 52.5 Å². The van der Waals surface area contributed by atoms with Gasteiger partial charge in [-0.25, -0.2) is 5.43 Å². The van der Waals surface area contributed by atoms with Crippen LogP contribution in [-0.4, -0.2) is 54.8 Å². The second kappa shape index (κ2) is 10.6. The number of carbonyl (C=O) groups excluding carboxylic acids is 2. The van der Waals surface area contributed by atoms with E-state index in [-0.39, 0.29) is 24.6 Å². The number of rotatable bonds is 9. The van der Waals surface area contributed by atoms with Gasteiger partial charge in [-0.1, -0.05) is 6.07 Å². The highest BCUT2D eigenvalue weighted by Gasteiger charge is 2.10. The highest BCUT2D eigenvalue weighted by atomic mass is 16.5. The number of hydrogen-bond donors (Lipinski definition) is 1. The summed E-state index contributed by atoms with van der Waals surface area (Å²) in [6.45, 7) is 2.02. The highest BCUT2D eigenvalue weighted by Crippen LogP contribution is 2.28. The Hall–Kier alpha value is -3.62. The largest absolute Gasteiger partial charge is 0.490 e. The molecule has 0 aliphatic heterocycles. The minimum Gasteiger partial charge on any atom is -0.490 e. The van der Waals surface area contributed by atoms with Crippen LogP contribution in [0, 0.1) is 0 Å². The molecule has 9 heteroatoms. The van der Waals surface area contributed by atoms with Crippen molar-refractivity contribution < 1.29 is 19.1 Å². The number of pyridine rings is 1. The lowest BCUT2D eigenvalue weighted by atomic mass is 10.2. The number of ether oxygens (including phenoxy) is 2. The zero-order valence-electron chi connectivity index (χ0n) is 16.6. The second-order valence-corrected chi connectivity index (χ2v) is 6.18. The van der Waals surface area contributed by atoms with Crippen LogP contribution in [0.2, 0.25) is 0 Å². The first-order valence-electron chi connectivity index (χ1n) is 8.98. The Kier molecular flexibility index (Phi) is 7.96. The van der Waals surface area contributed by atoms with E-state index in [0.29, 0.717) is 23.7 Å². The molecule has 1 N–H and O–H groups in total. The van der Waals surface area contributed by atoms with Crippen LogP contribution in [0.3, 0.4) is 0 Å². The zero-order valence-corrected chi connectivity index (χ0v) is 16.6. The summed E-state index contributed by atoms with van der Waals surface area (Å²) < 4.78 is 12.4. The summed E-state index contributed by atoms with van der Waals surface area (Å²) in [6, 6.07) is 9.73. The van der Waals surface area contributed by atoms with Crippen LogP contribution in [0.25, 0.3) is 0 Å². The molecule has 2 aromatic rings. The third-order valence-electron chi connectivity index (χ3n) is 3.73. The fourth-order valence-corrected chi connectivity index (χ4v) is 2.22. The number of amides is 2. The smallest absolute Gasteiger partial charge is 0.260 e. The number of hydrogen-bond acceptors (Lipinski definition) is 6. The summed E-state index contributed by atoms with van der Waals surface area (Å²) in [5.41, 5.74) is 2.77. The average Bonchev–Trinajstić information content (AvgIpc) is 2.69. The molecule has 0 spiro atoms. The molecule has 154 valence electrons. The van der Waals surface area contributed by atoms with Gasteiger partial charge >= 0.3 is 0 Å². The summed E-state index contributed by atoms with van der Waals surface area (Å²) in [5, 5.41) is 3.90. The minimum atomic E-state index is -0.429. The molecule has 0 bridgehead atoms. The molecule has 0 fully saturated rings. The highest BCUT2D eigenvalue weighted by molar-refractivity contribution is 5.83. The van der Waals surface area contributed by atoms with Crippen molar-refractivity contribution in [3.63, 3.8) is 0 Å². The number of hydrazone groups is 1. The number of aromatic nitrogens is 1. The maximum absolute atomic E-state index is 11.9. The topological polar surface area (TPSA) is 102 Å². The predicted octanol–water partition coefficient (Wildman–Crippen LogP) is 0.864. The van der Waals surface area contributed by atoms with Gasteiger partial charge in [-0.05, 0) is 36.8 Å². The van der Waals surface area contributed by atoms with Crippen LogP contribution >= 0.6 is 0 Å². The van der Waals surface area contributed by atoms with Crippen LogP contribution in [0.5, 0.6) is 11.5 Å². The lowest BCUT2D eigenvalue weighted by Crippen LogP contribution is -2.29. The molecule has 0 aliphatic rings. The summed E-state index contributed by atoms with van der Waals surface area (Å²) in [4.78, 5) is 36.7. The Bertz CT molecular complexity index is 936. The van der Waals surface area contributed by atoms with Gasteiger partial charge < -0.3 is 18.9 Å². The lowest BCUT2D eigenvalue weighted by Gasteiger charge is -2.14. The number of likely N-dealkylation sites (N-methyl/N-ethyl adjacent to an activating group) is 1. The molecule has 2 rings (SSSR count). The number of carbonyl (C=O) groups is 2. The van der Waals surface area contributed by atoms with E-state index in [1.165, 1.54) is 27.9 Å². The Labute approximate surface area is 168 Å². The molecule has 9 nitrogen and oxygen atoms in total. The fourth-order valence-electron chi connectivity index (χ4n) is 2.22. The molecule has 29 heavy (non-hydrogen) atoms. The number of nitrogens with one attached hydrogen (secondary N) is 1. The summed E-state index contributed by atoms with van der Waals surface area (Å²) in [5.74, 6) is 0.303. The quantitative estimate of drug-likeness (QED) is 0.497. The predicted molar refractivity (Wildman–Crippen MR) is 108 cm³/mol. The van der Waals surface area contributed by atoms with Gasteiger partial charge in [0.2, 0.25) is 0 Å². The summed E-state index contributed by atoms with van der Waals surface area (Å²) in [6.07, 6.45) is 2.97. The molecule has 1 heterocycles. The van der Waals surface area contributed by atoms with E-state index in [1.807, 2.05) is 6.92 Å². The van der Waals surface area contributed by atoms with Crippen LogP contribution < -0.4 is 20.5 Å². The van der Waals surface area contributed by atoms with Crippen molar-refractivity contribution in [1.82, 2.24) is 14.9 Å². The van der Waals surface area contributed by atoms with E-state index in [1.54, 1.807) is 44.4 Å². The average molecular weight is 400 g/mol. The molecule has 0 radical (unpaired) electrons. The Morgan fingerprint density at radius 3 is 2.66 bits per heavy atom. The minimum absolute atomic E-state index is 0.102. The molecular formula is C20H24N4O5. The maximum Gasteiger partial charge on any atom is 0.260 e. The molecule has 0 atom stereocenters. The van der Waals surface area contributed by atoms with Gasteiger partial charge in [0.25, 0.3) is 17.4 Å². The molecule has 0 unspecified atom stereocenters. The molecule has 0 saturated heterocycles.